The zero-order valence-corrected chi connectivity index (χ0v) is 13.7. The first-order chi connectivity index (χ1) is 10.9. The summed E-state index contributed by atoms with van der Waals surface area (Å²) < 4.78 is 12.5. The van der Waals surface area contributed by atoms with Crippen molar-refractivity contribution in [2.45, 2.75) is 31.6 Å². The molecule has 0 amide bonds. The van der Waals surface area contributed by atoms with Crippen molar-refractivity contribution < 1.29 is 24.5 Å². The molecule has 0 spiro atoms. The standard InChI is InChI=1S/C16H19NO5S/c1-9(2)15(20)21-8-16-5-4-10(22-16)11-12(16)14(19)17(13(11)18)6-3-7-23/h4-5,10,18-19,23H,1,3,6-8H2,2H3. The fourth-order valence-electron chi connectivity index (χ4n) is 3.04. The van der Waals surface area contributed by atoms with E-state index >= 15 is 0 Å². The Morgan fingerprint density at radius 2 is 2.26 bits per heavy atom. The number of esters is 1. The molecule has 0 fully saturated rings. The van der Waals surface area contributed by atoms with Crippen molar-refractivity contribution in [3.8, 4) is 11.8 Å². The highest BCUT2D eigenvalue weighted by Crippen LogP contribution is 2.58. The first-order valence-corrected chi connectivity index (χ1v) is 8.00. The van der Waals surface area contributed by atoms with Crippen molar-refractivity contribution in [2.24, 2.45) is 0 Å². The summed E-state index contributed by atoms with van der Waals surface area (Å²) in [4.78, 5) is 11.7. The molecule has 3 rings (SSSR count). The van der Waals surface area contributed by atoms with E-state index in [0.717, 1.165) is 0 Å². The smallest absolute Gasteiger partial charge is 0.333 e. The third-order valence-electron chi connectivity index (χ3n) is 4.14. The second-order valence-electron chi connectivity index (χ2n) is 5.81. The molecule has 23 heavy (non-hydrogen) atoms. The number of hydrogen-bond acceptors (Lipinski definition) is 6. The average molecular weight is 337 g/mol. The van der Waals surface area contributed by atoms with Gasteiger partial charge in [-0.15, -0.1) is 0 Å². The monoisotopic (exact) mass is 337 g/mol. The Morgan fingerprint density at radius 3 is 2.91 bits per heavy atom. The van der Waals surface area contributed by atoms with Crippen molar-refractivity contribution in [1.29, 1.82) is 0 Å². The number of hydrogen-bond donors (Lipinski definition) is 3. The van der Waals surface area contributed by atoms with Crippen LogP contribution in [0.4, 0.5) is 0 Å². The molecule has 3 heterocycles. The van der Waals surface area contributed by atoms with E-state index in [9.17, 15) is 15.0 Å². The molecule has 0 aliphatic carbocycles. The lowest BCUT2D eigenvalue weighted by Crippen LogP contribution is -2.29. The van der Waals surface area contributed by atoms with Gasteiger partial charge in [0.15, 0.2) is 5.60 Å². The van der Waals surface area contributed by atoms with Crippen LogP contribution in [-0.4, -0.2) is 33.1 Å². The van der Waals surface area contributed by atoms with Crippen LogP contribution >= 0.6 is 12.6 Å². The lowest BCUT2D eigenvalue weighted by molar-refractivity contribution is -0.147. The Morgan fingerprint density at radius 1 is 1.52 bits per heavy atom. The second-order valence-corrected chi connectivity index (χ2v) is 6.26. The largest absolute Gasteiger partial charge is 0.494 e. The molecule has 6 nitrogen and oxygen atoms in total. The third kappa shape index (κ3) is 2.35. The summed E-state index contributed by atoms with van der Waals surface area (Å²) in [5, 5.41) is 20.9. The summed E-state index contributed by atoms with van der Waals surface area (Å²) in [6.07, 6.45) is 3.80. The van der Waals surface area contributed by atoms with E-state index in [-0.39, 0.29) is 23.9 Å². The first-order valence-electron chi connectivity index (χ1n) is 7.36. The van der Waals surface area contributed by atoms with E-state index in [1.165, 1.54) is 4.57 Å². The minimum absolute atomic E-state index is 0.0123. The van der Waals surface area contributed by atoms with Gasteiger partial charge in [0.1, 0.15) is 12.7 Å². The molecule has 1 aromatic heterocycles. The predicted molar refractivity (Wildman–Crippen MR) is 86.6 cm³/mol. The maximum Gasteiger partial charge on any atom is 0.333 e. The second kappa shape index (κ2) is 5.65. The molecule has 0 aromatic carbocycles. The van der Waals surface area contributed by atoms with Gasteiger partial charge in [0.2, 0.25) is 11.8 Å². The van der Waals surface area contributed by atoms with Gasteiger partial charge < -0.3 is 19.7 Å². The Kier molecular flexibility index (Phi) is 3.93. The highest BCUT2D eigenvalue weighted by molar-refractivity contribution is 7.80. The fourth-order valence-corrected chi connectivity index (χ4v) is 3.18. The van der Waals surface area contributed by atoms with Crippen molar-refractivity contribution in [2.75, 3.05) is 12.4 Å². The Labute approximate surface area is 139 Å². The molecule has 2 unspecified atom stereocenters. The van der Waals surface area contributed by atoms with Crippen LogP contribution in [0.5, 0.6) is 11.8 Å². The lowest BCUT2D eigenvalue weighted by Gasteiger charge is -2.23. The molecular formula is C16H19NO5S. The summed E-state index contributed by atoms with van der Waals surface area (Å²) in [5.41, 5.74) is 0.238. The maximum atomic E-state index is 11.7. The zero-order valence-electron chi connectivity index (χ0n) is 12.8. The lowest BCUT2D eigenvalue weighted by atomic mass is 9.90. The normalized spacial score (nSPS) is 24.0. The number of aromatic nitrogens is 1. The van der Waals surface area contributed by atoms with Crippen LogP contribution < -0.4 is 0 Å². The van der Waals surface area contributed by atoms with Crippen molar-refractivity contribution in [3.05, 3.63) is 35.4 Å². The van der Waals surface area contributed by atoms with Crippen LogP contribution in [0, 0.1) is 0 Å². The molecule has 2 bridgehead atoms. The maximum absolute atomic E-state index is 11.7. The van der Waals surface area contributed by atoms with Gasteiger partial charge in [-0.3, -0.25) is 4.57 Å². The van der Waals surface area contributed by atoms with Crippen LogP contribution in [0.1, 0.15) is 30.6 Å². The zero-order chi connectivity index (χ0) is 16.8. The number of nitrogens with zero attached hydrogens (tertiary/aromatic N) is 1. The van der Waals surface area contributed by atoms with Gasteiger partial charge in [-0.2, -0.15) is 12.6 Å². The Balaban J connectivity index is 1.94. The summed E-state index contributed by atoms with van der Waals surface area (Å²) in [6, 6.07) is 0. The van der Waals surface area contributed by atoms with Gasteiger partial charge in [-0.05, 0) is 25.2 Å². The van der Waals surface area contributed by atoms with E-state index in [2.05, 4.69) is 19.2 Å². The van der Waals surface area contributed by atoms with E-state index in [4.69, 9.17) is 9.47 Å². The molecule has 0 saturated heterocycles. The van der Waals surface area contributed by atoms with E-state index in [1.54, 1.807) is 19.1 Å². The summed E-state index contributed by atoms with van der Waals surface area (Å²) >= 11 is 4.15. The van der Waals surface area contributed by atoms with Crippen LogP contribution in [0.2, 0.25) is 0 Å². The highest BCUT2D eigenvalue weighted by atomic mass is 32.1. The molecule has 124 valence electrons. The summed E-state index contributed by atoms with van der Waals surface area (Å²) in [7, 11) is 0. The SMILES string of the molecule is C=C(C)C(=O)OCC12C=CC(O1)c1c2c(O)n(CCCS)c1O. The first kappa shape index (κ1) is 16.0. The van der Waals surface area contributed by atoms with E-state index in [1.807, 2.05) is 0 Å². The number of carbonyl (C=O) groups is 1. The summed E-state index contributed by atoms with van der Waals surface area (Å²) in [5.74, 6) is 0.0482. The fraction of sp³-hybridized carbons (Fsp3) is 0.438. The van der Waals surface area contributed by atoms with Gasteiger partial charge in [-0.25, -0.2) is 4.79 Å². The Hall–Kier alpha value is -1.86. The van der Waals surface area contributed by atoms with Gasteiger partial charge in [-0.1, -0.05) is 12.7 Å². The van der Waals surface area contributed by atoms with Crippen LogP contribution in [0.25, 0.3) is 0 Å². The Bertz CT molecular complexity index is 708. The van der Waals surface area contributed by atoms with Crippen molar-refractivity contribution in [3.63, 3.8) is 0 Å². The number of fused-ring (bicyclic) bond motifs is 5. The van der Waals surface area contributed by atoms with Gasteiger partial charge in [0.05, 0.1) is 11.1 Å². The number of carbonyl (C=O) groups excluding carboxylic acids is 1. The number of ether oxygens (including phenoxy) is 2. The molecule has 0 saturated carbocycles. The average Bonchev–Trinajstić information content (AvgIpc) is 3.15. The predicted octanol–water partition coefficient (Wildman–Crippen LogP) is 2.17. The molecular weight excluding hydrogens is 318 g/mol. The molecule has 2 atom stereocenters. The van der Waals surface area contributed by atoms with Gasteiger partial charge >= 0.3 is 5.97 Å². The van der Waals surface area contributed by atoms with Gasteiger partial charge in [0.25, 0.3) is 0 Å². The van der Waals surface area contributed by atoms with Crippen molar-refractivity contribution >= 4 is 18.6 Å². The van der Waals surface area contributed by atoms with Crippen molar-refractivity contribution in [1.82, 2.24) is 4.57 Å². The third-order valence-corrected chi connectivity index (χ3v) is 4.45. The van der Waals surface area contributed by atoms with Crippen LogP contribution in [0.15, 0.2) is 24.3 Å². The van der Waals surface area contributed by atoms with E-state index in [0.29, 0.717) is 29.8 Å². The van der Waals surface area contributed by atoms with Crippen LogP contribution in [-0.2, 0) is 26.4 Å². The quantitative estimate of drug-likeness (QED) is 0.321. The number of aromatic hydroxyl groups is 2. The molecule has 2 aliphatic heterocycles. The number of thiol groups is 1. The minimum atomic E-state index is -1.06. The molecule has 0 radical (unpaired) electrons. The van der Waals surface area contributed by atoms with Crippen LogP contribution in [0.3, 0.4) is 0 Å². The molecule has 2 N–H and O–H groups in total. The number of rotatable bonds is 6. The van der Waals surface area contributed by atoms with E-state index < -0.39 is 17.7 Å². The molecule has 2 aliphatic rings. The minimum Gasteiger partial charge on any atom is -0.494 e. The summed E-state index contributed by atoms with van der Waals surface area (Å²) in [6.45, 7) is 5.47. The van der Waals surface area contributed by atoms with Gasteiger partial charge in [0, 0.05) is 12.1 Å². The topological polar surface area (TPSA) is 80.9 Å². The highest BCUT2D eigenvalue weighted by Gasteiger charge is 2.53. The molecule has 7 heteroatoms. The molecule has 1 aromatic rings.